The van der Waals surface area contributed by atoms with Crippen LogP contribution in [0.25, 0.3) is 0 Å². The maximum atomic E-state index is 11.2. The summed E-state index contributed by atoms with van der Waals surface area (Å²) in [6.45, 7) is 6.52. The van der Waals surface area contributed by atoms with Crippen LogP contribution in [0.2, 0.25) is 0 Å². The maximum absolute atomic E-state index is 11.2. The first-order valence-corrected chi connectivity index (χ1v) is 10.4. The summed E-state index contributed by atoms with van der Waals surface area (Å²) in [4.78, 5) is 11.2. The van der Waals surface area contributed by atoms with Gasteiger partial charge >= 0.3 is 5.97 Å². The van der Waals surface area contributed by atoms with Crippen molar-refractivity contribution in [2.24, 2.45) is 11.8 Å². The van der Waals surface area contributed by atoms with Crippen LogP contribution in [0.4, 0.5) is 0 Å². The third kappa shape index (κ3) is 13.6. The number of rotatable bonds is 17. The van der Waals surface area contributed by atoms with E-state index < -0.39 is 5.97 Å². The first kappa shape index (κ1) is 22.5. The summed E-state index contributed by atoms with van der Waals surface area (Å²) in [6.07, 6.45) is 18.9. The molecule has 0 aliphatic carbocycles. The average molecular weight is 327 g/mol. The molecule has 0 aliphatic heterocycles. The molecule has 0 saturated heterocycles. The van der Waals surface area contributed by atoms with E-state index in [1.807, 2.05) is 6.92 Å². The van der Waals surface area contributed by atoms with Crippen molar-refractivity contribution in [2.75, 3.05) is 0 Å². The van der Waals surface area contributed by atoms with Gasteiger partial charge in [0.05, 0.1) is 5.92 Å². The van der Waals surface area contributed by atoms with E-state index >= 15 is 0 Å². The van der Waals surface area contributed by atoms with E-state index in [0.717, 1.165) is 25.2 Å². The molecule has 0 rings (SSSR count). The number of unbranched alkanes of at least 4 members (excludes halogenated alkanes) is 8. The largest absolute Gasteiger partial charge is 0.481 e. The smallest absolute Gasteiger partial charge is 0.306 e. The standard InChI is InChI=1S/C21H42O2/c1-4-7-9-11-12-14-16-19(15-13-10-8-5-2)17-18-20(6-3)21(22)23/h19-20H,4-18H2,1-3H3,(H,22,23). The zero-order chi connectivity index (χ0) is 17.3. The van der Waals surface area contributed by atoms with Crippen LogP contribution in [0.1, 0.15) is 117 Å². The van der Waals surface area contributed by atoms with Gasteiger partial charge in [-0.05, 0) is 25.2 Å². The second kappa shape index (κ2) is 16.3. The predicted octanol–water partition coefficient (Wildman–Crippen LogP) is 7.21. The van der Waals surface area contributed by atoms with Crippen molar-refractivity contribution < 1.29 is 9.90 Å². The Balaban J connectivity index is 4.03. The van der Waals surface area contributed by atoms with Crippen molar-refractivity contribution in [1.82, 2.24) is 0 Å². The molecule has 23 heavy (non-hydrogen) atoms. The van der Waals surface area contributed by atoms with Crippen molar-refractivity contribution in [1.29, 1.82) is 0 Å². The molecule has 0 bridgehead atoms. The molecule has 0 aromatic heterocycles. The van der Waals surface area contributed by atoms with Gasteiger partial charge in [-0.15, -0.1) is 0 Å². The molecule has 0 aromatic carbocycles. The maximum Gasteiger partial charge on any atom is 0.306 e. The van der Waals surface area contributed by atoms with Gasteiger partial charge in [0, 0.05) is 0 Å². The zero-order valence-electron chi connectivity index (χ0n) is 16.1. The lowest BCUT2D eigenvalue weighted by molar-refractivity contribution is -0.142. The first-order chi connectivity index (χ1) is 11.2. The molecular weight excluding hydrogens is 284 g/mol. The van der Waals surface area contributed by atoms with Crippen molar-refractivity contribution >= 4 is 5.97 Å². The minimum absolute atomic E-state index is 0.127. The Hall–Kier alpha value is -0.530. The number of carbonyl (C=O) groups is 1. The second-order valence-corrected chi connectivity index (χ2v) is 7.29. The highest BCUT2D eigenvalue weighted by Crippen LogP contribution is 2.26. The molecule has 0 saturated carbocycles. The fourth-order valence-corrected chi connectivity index (χ4v) is 3.45. The molecule has 0 radical (unpaired) electrons. The van der Waals surface area contributed by atoms with Gasteiger partial charge < -0.3 is 5.11 Å². The quantitative estimate of drug-likeness (QED) is 0.287. The lowest BCUT2D eigenvalue weighted by atomic mass is 9.87. The average Bonchev–Trinajstić information content (AvgIpc) is 2.54. The van der Waals surface area contributed by atoms with E-state index in [0.29, 0.717) is 0 Å². The van der Waals surface area contributed by atoms with Crippen LogP contribution in [0, 0.1) is 11.8 Å². The molecule has 2 heteroatoms. The van der Waals surface area contributed by atoms with E-state index in [1.165, 1.54) is 77.0 Å². The van der Waals surface area contributed by atoms with E-state index in [2.05, 4.69) is 13.8 Å². The lowest BCUT2D eigenvalue weighted by Crippen LogP contribution is -2.14. The van der Waals surface area contributed by atoms with Crippen LogP contribution in [-0.2, 0) is 4.79 Å². The van der Waals surface area contributed by atoms with Crippen molar-refractivity contribution in [3.05, 3.63) is 0 Å². The minimum atomic E-state index is -0.600. The molecule has 0 fully saturated rings. The van der Waals surface area contributed by atoms with Crippen LogP contribution in [0.3, 0.4) is 0 Å². The number of aliphatic carboxylic acids is 1. The molecule has 2 unspecified atom stereocenters. The highest BCUT2D eigenvalue weighted by molar-refractivity contribution is 5.69. The number of hydrogen-bond acceptors (Lipinski definition) is 1. The number of hydrogen-bond donors (Lipinski definition) is 1. The van der Waals surface area contributed by atoms with Gasteiger partial charge in [0.1, 0.15) is 0 Å². The monoisotopic (exact) mass is 326 g/mol. The molecule has 2 atom stereocenters. The van der Waals surface area contributed by atoms with Gasteiger partial charge in [-0.25, -0.2) is 0 Å². The van der Waals surface area contributed by atoms with Gasteiger partial charge in [-0.1, -0.05) is 97.8 Å². The number of carboxylic acid groups (broad SMARTS) is 1. The van der Waals surface area contributed by atoms with E-state index in [1.54, 1.807) is 0 Å². The Morgan fingerprint density at radius 3 is 1.65 bits per heavy atom. The zero-order valence-corrected chi connectivity index (χ0v) is 16.1. The Labute approximate surface area is 145 Å². The summed E-state index contributed by atoms with van der Waals surface area (Å²) in [5, 5.41) is 9.23. The highest BCUT2D eigenvalue weighted by atomic mass is 16.4. The SMILES string of the molecule is CCCCCCCCC(CCCCCC)CCC(CC)C(=O)O. The van der Waals surface area contributed by atoms with E-state index in [4.69, 9.17) is 0 Å². The molecule has 0 aliphatic rings. The fourth-order valence-electron chi connectivity index (χ4n) is 3.45. The molecule has 2 nitrogen and oxygen atoms in total. The molecular formula is C21H42O2. The van der Waals surface area contributed by atoms with Crippen LogP contribution in [0.15, 0.2) is 0 Å². The summed E-state index contributed by atoms with van der Waals surface area (Å²) in [5.41, 5.74) is 0. The topological polar surface area (TPSA) is 37.3 Å². The fraction of sp³-hybridized carbons (Fsp3) is 0.952. The van der Waals surface area contributed by atoms with Crippen molar-refractivity contribution in [2.45, 2.75) is 117 Å². The Morgan fingerprint density at radius 1 is 0.696 bits per heavy atom. The molecule has 0 spiro atoms. The van der Waals surface area contributed by atoms with Crippen LogP contribution in [-0.4, -0.2) is 11.1 Å². The van der Waals surface area contributed by atoms with Crippen LogP contribution < -0.4 is 0 Å². The van der Waals surface area contributed by atoms with Crippen LogP contribution >= 0.6 is 0 Å². The van der Waals surface area contributed by atoms with Crippen LogP contribution in [0.5, 0.6) is 0 Å². The van der Waals surface area contributed by atoms with Gasteiger partial charge in [-0.3, -0.25) is 4.79 Å². The Bertz CT molecular complexity index is 263. The summed E-state index contributed by atoms with van der Waals surface area (Å²) in [5.74, 6) is 0.0286. The summed E-state index contributed by atoms with van der Waals surface area (Å²) in [7, 11) is 0. The predicted molar refractivity (Wildman–Crippen MR) is 101 cm³/mol. The van der Waals surface area contributed by atoms with E-state index in [9.17, 15) is 9.90 Å². The van der Waals surface area contributed by atoms with E-state index in [-0.39, 0.29) is 5.92 Å². The second-order valence-electron chi connectivity index (χ2n) is 7.29. The Morgan fingerprint density at radius 2 is 1.17 bits per heavy atom. The normalized spacial score (nSPS) is 13.9. The summed E-state index contributed by atoms with van der Waals surface area (Å²) >= 11 is 0. The van der Waals surface area contributed by atoms with Crippen molar-refractivity contribution in [3.8, 4) is 0 Å². The third-order valence-electron chi connectivity index (χ3n) is 5.20. The molecule has 0 aromatic rings. The third-order valence-corrected chi connectivity index (χ3v) is 5.20. The molecule has 1 N–H and O–H groups in total. The lowest BCUT2D eigenvalue weighted by Gasteiger charge is -2.19. The van der Waals surface area contributed by atoms with Gasteiger partial charge in [-0.2, -0.15) is 0 Å². The minimum Gasteiger partial charge on any atom is -0.481 e. The number of carboxylic acids is 1. The molecule has 0 heterocycles. The van der Waals surface area contributed by atoms with Gasteiger partial charge in [0.25, 0.3) is 0 Å². The summed E-state index contributed by atoms with van der Waals surface area (Å²) in [6, 6.07) is 0. The van der Waals surface area contributed by atoms with Crippen molar-refractivity contribution in [3.63, 3.8) is 0 Å². The molecule has 138 valence electrons. The summed E-state index contributed by atoms with van der Waals surface area (Å²) < 4.78 is 0. The Kier molecular flexibility index (Phi) is 16.0. The van der Waals surface area contributed by atoms with Gasteiger partial charge in [0.15, 0.2) is 0 Å². The van der Waals surface area contributed by atoms with Gasteiger partial charge in [0.2, 0.25) is 0 Å². The highest BCUT2D eigenvalue weighted by Gasteiger charge is 2.17. The first-order valence-electron chi connectivity index (χ1n) is 10.4. The molecule has 0 amide bonds.